The molecule has 0 atom stereocenters. The smallest absolute Gasteiger partial charge is 0.127 e. The third-order valence-electron chi connectivity index (χ3n) is 3.65. The summed E-state index contributed by atoms with van der Waals surface area (Å²) in [4.78, 5) is 8.84. The summed E-state index contributed by atoms with van der Waals surface area (Å²) in [5.74, 6) is 0. The first-order valence-electron chi connectivity index (χ1n) is 7.52. The molecule has 0 aliphatic carbocycles. The van der Waals surface area contributed by atoms with Crippen molar-refractivity contribution in [1.29, 1.82) is 0 Å². The van der Waals surface area contributed by atoms with Crippen molar-refractivity contribution >= 4 is 14.9 Å². The van der Waals surface area contributed by atoms with Crippen LogP contribution in [0.25, 0.3) is 0 Å². The second kappa shape index (κ2) is 9.26. The Hall–Kier alpha value is -0.683. The Balaban J connectivity index is 2.68. The fraction of sp³-hybridized carbons (Fsp3) is 0.600. The lowest BCUT2D eigenvalue weighted by Gasteiger charge is -2.38. The van der Waals surface area contributed by atoms with Crippen LogP contribution in [0, 0.1) is 0 Å². The molecule has 0 amide bonds. The zero-order valence-electron chi connectivity index (χ0n) is 12.9. The molecule has 1 N–H and O–H groups in total. The third-order valence-corrected chi connectivity index (χ3v) is 5.10. The minimum absolute atomic E-state index is 0.386. The van der Waals surface area contributed by atoms with Crippen LogP contribution in [0.4, 0.5) is 0 Å². The van der Waals surface area contributed by atoms with Gasteiger partial charge in [0.2, 0.25) is 0 Å². The van der Waals surface area contributed by atoms with Crippen LogP contribution in [-0.4, -0.2) is 51.9 Å². The molecule has 1 aromatic rings. The largest absolute Gasteiger partial charge is 0.311 e. The predicted octanol–water partition coefficient (Wildman–Crippen LogP) is 0.952. The average molecular weight is 280 g/mol. The third kappa shape index (κ3) is 5.07. The van der Waals surface area contributed by atoms with Gasteiger partial charge in [-0.15, -0.1) is 0 Å². The van der Waals surface area contributed by atoms with Crippen molar-refractivity contribution in [2.24, 2.45) is 0 Å². The van der Waals surface area contributed by atoms with Gasteiger partial charge in [0.15, 0.2) is 0 Å². The molecule has 1 aromatic carbocycles. The monoisotopic (exact) mass is 279 g/mol. The van der Waals surface area contributed by atoms with E-state index in [0.29, 0.717) is 6.29 Å². The maximum Gasteiger partial charge on any atom is 0.127 e. The summed E-state index contributed by atoms with van der Waals surface area (Å²) in [6, 6.07) is 10.8. The van der Waals surface area contributed by atoms with Gasteiger partial charge in [-0.3, -0.25) is 9.80 Å². The van der Waals surface area contributed by atoms with E-state index >= 15 is 0 Å². The Morgan fingerprint density at radius 3 is 1.79 bits per heavy atom. The van der Waals surface area contributed by atoms with Gasteiger partial charge in [0.1, 0.15) is 16.0 Å². The molecule has 0 aliphatic rings. The van der Waals surface area contributed by atoms with Crippen molar-refractivity contribution in [2.45, 2.75) is 34.0 Å². The summed E-state index contributed by atoms with van der Waals surface area (Å²) in [7, 11) is -0.415. The predicted molar refractivity (Wildman–Crippen MR) is 87.4 cm³/mol. The molecule has 1 rings (SSSR count). The molecule has 108 valence electrons. The van der Waals surface area contributed by atoms with Gasteiger partial charge >= 0.3 is 0 Å². The van der Waals surface area contributed by atoms with Crippen LogP contribution in [0.5, 0.6) is 0 Å². The highest BCUT2D eigenvalue weighted by Gasteiger charge is 2.20. The fourth-order valence-electron chi connectivity index (χ4n) is 2.43. The molecule has 4 heteroatoms. The summed E-state index contributed by atoms with van der Waals surface area (Å²) >= 11 is 0. The van der Waals surface area contributed by atoms with Gasteiger partial charge in [-0.05, 0) is 26.2 Å². The Morgan fingerprint density at radius 1 is 0.895 bits per heavy atom. The topological polar surface area (TPSA) is 18.5 Å². The lowest BCUT2D eigenvalue weighted by molar-refractivity contribution is 0.0482. The van der Waals surface area contributed by atoms with E-state index in [-0.39, 0.29) is 0 Å². The fourth-order valence-corrected chi connectivity index (χ4v) is 3.88. The summed E-state index contributed by atoms with van der Waals surface area (Å²) in [6.45, 7) is 13.3. The van der Waals surface area contributed by atoms with Crippen molar-refractivity contribution in [3.63, 3.8) is 0 Å². The maximum atomic E-state index is 3.83. The molecule has 0 radical (unpaired) electrons. The summed E-state index contributed by atoms with van der Waals surface area (Å²) in [5.41, 5.74) is 0. The van der Waals surface area contributed by atoms with Crippen molar-refractivity contribution < 1.29 is 0 Å². The zero-order valence-corrected chi connectivity index (χ0v) is 14.3. The van der Waals surface area contributed by atoms with E-state index in [1.165, 1.54) is 5.19 Å². The first-order chi connectivity index (χ1) is 9.26. The van der Waals surface area contributed by atoms with Gasteiger partial charge in [0.05, 0.1) is 0 Å². The summed E-state index contributed by atoms with van der Waals surface area (Å²) < 4.78 is 0. The van der Waals surface area contributed by atoms with Crippen LogP contribution < -0.4 is 10.2 Å². The highest BCUT2D eigenvalue weighted by atomic mass is 28.2. The average Bonchev–Trinajstić information content (AvgIpc) is 2.47. The maximum absolute atomic E-state index is 3.83. The number of nitrogens with one attached hydrogen (secondary N) is 1. The molecule has 0 fully saturated rings. The van der Waals surface area contributed by atoms with Crippen LogP contribution in [0.2, 0.25) is 0 Å². The van der Waals surface area contributed by atoms with Gasteiger partial charge in [-0.1, -0.05) is 63.2 Å². The van der Waals surface area contributed by atoms with Crippen LogP contribution in [0.15, 0.2) is 30.3 Å². The second-order valence-corrected chi connectivity index (χ2v) is 6.26. The van der Waals surface area contributed by atoms with Crippen molar-refractivity contribution in [3.8, 4) is 0 Å². The lowest BCUT2D eigenvalue weighted by atomic mass is 10.4. The Labute approximate surface area is 120 Å². The number of hydrogen-bond donors (Lipinski definition) is 1. The highest BCUT2D eigenvalue weighted by Crippen LogP contribution is 2.02. The summed E-state index contributed by atoms with van der Waals surface area (Å²) in [6.07, 6.45) is 0.386. The van der Waals surface area contributed by atoms with E-state index in [2.05, 4.69) is 72.8 Å². The van der Waals surface area contributed by atoms with Crippen molar-refractivity contribution in [3.05, 3.63) is 30.3 Å². The van der Waals surface area contributed by atoms with Crippen LogP contribution in [0.1, 0.15) is 27.7 Å². The molecule has 0 aliphatic heterocycles. The number of rotatable bonds is 9. The Morgan fingerprint density at radius 2 is 1.37 bits per heavy atom. The molecular weight excluding hydrogens is 250 g/mol. The van der Waals surface area contributed by atoms with Gasteiger partial charge in [-0.2, -0.15) is 0 Å². The molecule has 0 aromatic heterocycles. The first kappa shape index (κ1) is 16.4. The van der Waals surface area contributed by atoms with Gasteiger partial charge in [0.25, 0.3) is 0 Å². The number of benzene rings is 1. The molecular formula is C15H29N3Si. The Kier molecular flexibility index (Phi) is 7.98. The number of hydrogen-bond acceptors (Lipinski definition) is 3. The molecule has 0 spiro atoms. The molecule has 0 bridgehead atoms. The zero-order chi connectivity index (χ0) is 14.1. The van der Waals surface area contributed by atoms with Gasteiger partial charge in [0, 0.05) is 0 Å². The molecule has 0 saturated heterocycles. The van der Waals surface area contributed by atoms with Gasteiger partial charge < -0.3 is 4.98 Å². The van der Waals surface area contributed by atoms with Crippen LogP contribution in [0.3, 0.4) is 0 Å². The molecule has 19 heavy (non-hydrogen) atoms. The quantitative estimate of drug-likeness (QED) is 0.536. The lowest BCUT2D eigenvalue weighted by Crippen LogP contribution is -2.59. The van der Waals surface area contributed by atoms with E-state index in [4.69, 9.17) is 0 Å². The van der Waals surface area contributed by atoms with Crippen LogP contribution >= 0.6 is 0 Å². The van der Waals surface area contributed by atoms with E-state index in [0.717, 1.165) is 26.2 Å². The highest BCUT2D eigenvalue weighted by molar-refractivity contribution is 6.50. The SMILES string of the molecule is CCN(CC)C(N[SiH2]c1ccccc1)N(CC)CC. The van der Waals surface area contributed by atoms with Crippen LogP contribution in [-0.2, 0) is 0 Å². The molecule has 0 heterocycles. The van der Waals surface area contributed by atoms with Gasteiger partial charge in [-0.25, -0.2) is 0 Å². The first-order valence-corrected chi connectivity index (χ1v) is 8.93. The van der Waals surface area contributed by atoms with E-state index in [1.54, 1.807) is 0 Å². The molecule has 3 nitrogen and oxygen atoms in total. The summed E-state index contributed by atoms with van der Waals surface area (Å²) in [5, 5.41) is 1.48. The van der Waals surface area contributed by atoms with E-state index < -0.39 is 9.68 Å². The standard InChI is InChI=1S/C15H29N3Si/c1-5-17(6-2)15(18(7-3)8-4)16-19-14-12-10-9-11-13-14/h9-13,15-16H,5-8,19H2,1-4H3. The minimum atomic E-state index is -0.415. The minimum Gasteiger partial charge on any atom is -0.311 e. The van der Waals surface area contributed by atoms with Crippen molar-refractivity contribution in [1.82, 2.24) is 14.8 Å². The Bertz CT molecular complexity index is 311. The number of nitrogens with zero attached hydrogens (tertiary/aromatic N) is 2. The molecule has 0 unspecified atom stereocenters. The molecule has 0 saturated carbocycles. The van der Waals surface area contributed by atoms with E-state index in [9.17, 15) is 0 Å². The van der Waals surface area contributed by atoms with Crippen molar-refractivity contribution in [2.75, 3.05) is 26.2 Å². The normalized spacial score (nSPS) is 12.4. The second-order valence-electron chi connectivity index (χ2n) is 4.68. The van der Waals surface area contributed by atoms with E-state index in [1.807, 2.05) is 0 Å².